The van der Waals surface area contributed by atoms with Gasteiger partial charge in [-0.25, -0.2) is 4.79 Å². The van der Waals surface area contributed by atoms with E-state index in [9.17, 15) is 19.5 Å². The molecule has 0 saturated heterocycles. The van der Waals surface area contributed by atoms with Crippen LogP contribution in [-0.2, 0) is 28.6 Å². The molecule has 60 heavy (non-hydrogen) atoms. The van der Waals surface area contributed by atoms with Gasteiger partial charge >= 0.3 is 17.9 Å². The highest BCUT2D eigenvalue weighted by Crippen LogP contribution is 2.16. The summed E-state index contributed by atoms with van der Waals surface area (Å²) >= 11 is 0. The first-order valence-electron chi connectivity index (χ1n) is 25.4. The van der Waals surface area contributed by atoms with E-state index >= 15 is 0 Å². The predicted molar refractivity (Wildman–Crippen MR) is 252 cm³/mol. The van der Waals surface area contributed by atoms with Crippen LogP contribution in [-0.4, -0.2) is 80.6 Å². The van der Waals surface area contributed by atoms with E-state index < -0.39 is 18.1 Å². The maximum atomic E-state index is 12.8. The van der Waals surface area contributed by atoms with Gasteiger partial charge in [-0.2, -0.15) is 0 Å². The van der Waals surface area contributed by atoms with Crippen LogP contribution in [0.25, 0.3) is 0 Å². The van der Waals surface area contributed by atoms with Crippen molar-refractivity contribution in [3.05, 3.63) is 24.3 Å². The lowest BCUT2D eigenvalue weighted by atomic mass is 10.0. The zero-order valence-electron chi connectivity index (χ0n) is 40.2. The van der Waals surface area contributed by atoms with Crippen molar-refractivity contribution in [1.29, 1.82) is 0 Å². The number of carbonyl (C=O) groups excluding carboxylic acids is 2. The molecule has 0 aliphatic heterocycles. The Labute approximate surface area is 371 Å². The molecule has 0 spiro atoms. The van der Waals surface area contributed by atoms with E-state index in [0.29, 0.717) is 19.3 Å². The van der Waals surface area contributed by atoms with Crippen molar-refractivity contribution >= 4 is 17.9 Å². The monoisotopic (exact) mass is 849 g/mol. The van der Waals surface area contributed by atoms with E-state index in [0.717, 1.165) is 44.9 Å². The van der Waals surface area contributed by atoms with E-state index in [1.165, 1.54) is 161 Å². The number of aliphatic carboxylic acids is 1. The Bertz CT molecular complexity index is 1040. The number of allylic oxidation sites excluding steroid dienone is 4. The molecule has 0 radical (unpaired) electrons. The fourth-order valence-corrected chi connectivity index (χ4v) is 7.65. The number of rotatable bonds is 46. The fraction of sp³-hybridized carbons (Fsp3) is 0.865. The average molecular weight is 849 g/mol. The molecule has 0 fully saturated rings. The molecule has 8 heteroatoms. The van der Waals surface area contributed by atoms with Gasteiger partial charge in [0, 0.05) is 19.3 Å². The molecular formula is C52H98NO7+. The molecule has 1 N–H and O–H groups in total. The number of carboxylic acids is 1. The minimum Gasteiger partial charge on any atom is -0.477 e. The van der Waals surface area contributed by atoms with Gasteiger partial charge in [0.05, 0.1) is 34.4 Å². The van der Waals surface area contributed by atoms with Gasteiger partial charge in [0.1, 0.15) is 6.61 Å². The lowest BCUT2D eigenvalue weighted by Crippen LogP contribution is -2.50. The predicted octanol–water partition coefficient (Wildman–Crippen LogP) is 14.4. The molecule has 0 amide bonds. The van der Waals surface area contributed by atoms with Crippen LogP contribution in [0.5, 0.6) is 0 Å². The molecule has 352 valence electrons. The van der Waals surface area contributed by atoms with E-state index in [-0.39, 0.29) is 36.2 Å². The summed E-state index contributed by atoms with van der Waals surface area (Å²) in [6, 6.07) is -0.612. The summed E-state index contributed by atoms with van der Waals surface area (Å²) in [5.74, 6) is -1.45. The maximum absolute atomic E-state index is 12.8. The first-order chi connectivity index (χ1) is 29.1. The van der Waals surface area contributed by atoms with Crippen LogP contribution in [0.1, 0.15) is 239 Å². The van der Waals surface area contributed by atoms with Crippen LogP contribution in [0, 0.1) is 0 Å². The molecule has 0 aromatic carbocycles. The van der Waals surface area contributed by atoms with E-state index in [4.69, 9.17) is 14.2 Å². The van der Waals surface area contributed by atoms with Gasteiger partial charge in [0.25, 0.3) is 0 Å². The Morgan fingerprint density at radius 3 is 1.28 bits per heavy atom. The Balaban J connectivity index is 4.19. The van der Waals surface area contributed by atoms with Gasteiger partial charge in [0.15, 0.2) is 12.1 Å². The van der Waals surface area contributed by atoms with Crippen LogP contribution >= 0.6 is 0 Å². The number of likely N-dealkylation sites (N-methyl/N-ethyl adjacent to an activating group) is 1. The summed E-state index contributed by atoms with van der Waals surface area (Å²) in [6.45, 7) is 4.76. The van der Waals surface area contributed by atoms with Crippen molar-refractivity contribution in [2.24, 2.45) is 0 Å². The molecule has 0 bridgehead atoms. The van der Waals surface area contributed by atoms with Gasteiger partial charge in [-0.3, -0.25) is 9.59 Å². The summed E-state index contributed by atoms with van der Waals surface area (Å²) in [6.07, 6.45) is 49.4. The highest BCUT2D eigenvalue weighted by atomic mass is 16.6. The topological polar surface area (TPSA) is 99.1 Å². The standard InChI is InChI=1S/C52H97NO7/c1-6-8-10-12-14-16-18-20-21-22-23-24-25-26-27-28-29-31-33-35-37-39-41-43-51(55)60-48(46-58-45-44-49(52(56)57)53(3,4)5)47-59-50(54)42-40-38-36-34-32-30-19-17-15-13-11-9-7-2/h18,20,22-23,48-49H,6-17,19,21,24-47H2,1-5H3/p+1/b20-18-,23-22-. The number of nitrogens with zero attached hydrogens (tertiary/aromatic N) is 1. The third-order valence-electron chi connectivity index (χ3n) is 11.6. The molecule has 0 heterocycles. The minimum atomic E-state index is -0.872. The van der Waals surface area contributed by atoms with Crippen LogP contribution < -0.4 is 0 Å². The highest BCUT2D eigenvalue weighted by molar-refractivity contribution is 5.72. The van der Waals surface area contributed by atoms with Crippen LogP contribution in [0.3, 0.4) is 0 Å². The van der Waals surface area contributed by atoms with Gasteiger partial charge in [-0.15, -0.1) is 0 Å². The van der Waals surface area contributed by atoms with Crippen LogP contribution in [0.2, 0.25) is 0 Å². The Morgan fingerprint density at radius 2 is 0.883 bits per heavy atom. The number of hydrogen-bond donors (Lipinski definition) is 1. The normalized spacial score (nSPS) is 13.0. The zero-order valence-corrected chi connectivity index (χ0v) is 40.2. The molecule has 0 rings (SSSR count). The number of carboxylic acid groups (broad SMARTS) is 1. The molecule has 8 nitrogen and oxygen atoms in total. The number of unbranched alkanes of at least 4 members (excludes halogenated alkanes) is 28. The van der Waals surface area contributed by atoms with Gasteiger partial charge in [-0.05, 0) is 44.9 Å². The van der Waals surface area contributed by atoms with Crippen LogP contribution in [0.4, 0.5) is 0 Å². The molecule has 2 unspecified atom stereocenters. The van der Waals surface area contributed by atoms with Crippen molar-refractivity contribution < 1.29 is 38.2 Å². The molecular weight excluding hydrogens is 751 g/mol. The molecule has 0 aromatic rings. The molecule has 0 aliphatic carbocycles. The van der Waals surface area contributed by atoms with Crippen molar-refractivity contribution in [3.8, 4) is 0 Å². The third-order valence-corrected chi connectivity index (χ3v) is 11.6. The van der Waals surface area contributed by atoms with Gasteiger partial charge < -0.3 is 23.8 Å². The zero-order chi connectivity index (χ0) is 44.2. The second-order valence-corrected chi connectivity index (χ2v) is 18.4. The molecule has 0 saturated carbocycles. The number of ether oxygens (including phenoxy) is 3. The van der Waals surface area contributed by atoms with Crippen molar-refractivity contribution in [1.82, 2.24) is 0 Å². The fourth-order valence-electron chi connectivity index (χ4n) is 7.65. The largest absolute Gasteiger partial charge is 0.477 e. The van der Waals surface area contributed by atoms with Gasteiger partial charge in [0.2, 0.25) is 0 Å². The molecule has 0 aromatic heterocycles. The first kappa shape index (κ1) is 57.8. The van der Waals surface area contributed by atoms with Crippen LogP contribution in [0.15, 0.2) is 24.3 Å². The Hall–Kier alpha value is -2.19. The second-order valence-electron chi connectivity index (χ2n) is 18.4. The molecule has 0 aliphatic rings. The molecule has 2 atom stereocenters. The lowest BCUT2D eigenvalue weighted by molar-refractivity contribution is -0.887. The SMILES string of the molecule is CCCCCCC/C=C\C/C=C\CCCCCCCCCCCCCC(=O)OC(COCCC(C(=O)O)[N+](C)(C)C)COC(=O)CCCCCCCCCCCCCCC. The second kappa shape index (κ2) is 43.5. The Kier molecular flexibility index (Phi) is 41.9. The third kappa shape index (κ3) is 41.2. The number of esters is 2. The highest BCUT2D eigenvalue weighted by Gasteiger charge is 2.31. The lowest BCUT2D eigenvalue weighted by Gasteiger charge is -2.31. The van der Waals surface area contributed by atoms with Crippen molar-refractivity contribution in [2.75, 3.05) is 41.0 Å². The summed E-state index contributed by atoms with van der Waals surface area (Å²) in [4.78, 5) is 37.1. The van der Waals surface area contributed by atoms with E-state index in [1.54, 1.807) is 0 Å². The van der Waals surface area contributed by atoms with Crippen molar-refractivity contribution in [2.45, 2.75) is 251 Å². The van der Waals surface area contributed by atoms with Gasteiger partial charge in [-0.1, -0.05) is 199 Å². The first-order valence-corrected chi connectivity index (χ1v) is 25.4. The van der Waals surface area contributed by atoms with E-state index in [1.807, 2.05) is 21.1 Å². The number of quaternary nitrogens is 1. The Morgan fingerprint density at radius 1 is 0.500 bits per heavy atom. The maximum Gasteiger partial charge on any atom is 0.362 e. The van der Waals surface area contributed by atoms with Crippen molar-refractivity contribution in [3.63, 3.8) is 0 Å². The number of carbonyl (C=O) groups is 3. The summed E-state index contributed by atoms with van der Waals surface area (Å²) < 4.78 is 17.3. The smallest absolute Gasteiger partial charge is 0.362 e. The summed E-state index contributed by atoms with van der Waals surface area (Å²) in [5.41, 5.74) is 0. The van der Waals surface area contributed by atoms with E-state index in [2.05, 4.69) is 38.2 Å². The quantitative estimate of drug-likeness (QED) is 0.0282. The summed E-state index contributed by atoms with van der Waals surface area (Å²) in [7, 11) is 5.54. The minimum absolute atomic E-state index is 0.0467. The average Bonchev–Trinajstić information content (AvgIpc) is 3.21. The number of hydrogen-bond acceptors (Lipinski definition) is 6. The summed E-state index contributed by atoms with van der Waals surface area (Å²) in [5, 5.41) is 9.64.